The van der Waals surface area contributed by atoms with E-state index >= 15 is 0 Å². The lowest BCUT2D eigenvalue weighted by atomic mass is 10.00. The first-order valence-electron chi connectivity index (χ1n) is 11.0. The lowest BCUT2D eigenvalue weighted by molar-refractivity contribution is 0.0642. The highest BCUT2D eigenvalue weighted by Crippen LogP contribution is 2.24. The molecule has 6 nitrogen and oxygen atoms in total. The topological polar surface area (TPSA) is 69.0 Å². The minimum Gasteiger partial charge on any atom is -0.381 e. The van der Waals surface area contributed by atoms with E-state index in [0.29, 0.717) is 18.2 Å². The lowest BCUT2D eigenvalue weighted by Crippen LogP contribution is -2.32. The molecule has 0 atom stereocenters. The summed E-state index contributed by atoms with van der Waals surface area (Å²) in [6.07, 6.45) is 4.71. The molecule has 32 heavy (non-hydrogen) atoms. The van der Waals surface area contributed by atoms with Crippen molar-refractivity contribution in [3.05, 3.63) is 70.3 Å². The Bertz CT molecular complexity index is 1210. The Morgan fingerprint density at radius 3 is 2.78 bits per heavy atom. The number of fused-ring (bicyclic) bond motifs is 1. The normalized spacial score (nSPS) is 14.7. The molecule has 5 rings (SSSR count). The van der Waals surface area contributed by atoms with E-state index in [4.69, 9.17) is 4.74 Å². The fourth-order valence-electron chi connectivity index (χ4n) is 4.29. The molecule has 164 valence electrons. The number of carbonyl (C=O) groups is 1. The molecule has 3 aromatic heterocycles. The molecule has 4 heterocycles. The molecule has 0 bridgehead atoms. The Balaban J connectivity index is 1.38. The van der Waals surface area contributed by atoms with Crippen molar-refractivity contribution in [2.24, 2.45) is 13.0 Å². The number of ether oxygens (including phenoxy) is 1. The van der Waals surface area contributed by atoms with E-state index in [1.54, 1.807) is 11.3 Å². The van der Waals surface area contributed by atoms with Gasteiger partial charge in [-0.25, -0.2) is 9.97 Å². The van der Waals surface area contributed by atoms with Crippen LogP contribution in [0.25, 0.3) is 22.3 Å². The third-order valence-electron chi connectivity index (χ3n) is 6.11. The number of aromatic nitrogens is 3. The maximum Gasteiger partial charge on any atom is 0.269 e. The van der Waals surface area contributed by atoms with Gasteiger partial charge in [0.2, 0.25) is 0 Å². The Hall–Kier alpha value is -3.03. The van der Waals surface area contributed by atoms with Crippen molar-refractivity contribution in [1.29, 1.82) is 0 Å². The maximum atomic E-state index is 12.9. The van der Waals surface area contributed by atoms with Gasteiger partial charge in [0.1, 0.15) is 5.69 Å². The van der Waals surface area contributed by atoms with Gasteiger partial charge in [-0.3, -0.25) is 4.79 Å². The summed E-state index contributed by atoms with van der Waals surface area (Å²) in [5.74, 6) is 0.367. The minimum absolute atomic E-state index is 0.109. The van der Waals surface area contributed by atoms with Gasteiger partial charge in [-0.05, 0) is 48.4 Å². The van der Waals surface area contributed by atoms with Gasteiger partial charge in [-0.2, -0.15) is 0 Å². The average Bonchev–Trinajstić information content (AvgIpc) is 3.49. The van der Waals surface area contributed by atoms with Crippen molar-refractivity contribution in [3.8, 4) is 11.3 Å². The monoisotopic (exact) mass is 446 g/mol. The zero-order valence-corrected chi connectivity index (χ0v) is 18.9. The van der Waals surface area contributed by atoms with Crippen molar-refractivity contribution < 1.29 is 9.53 Å². The van der Waals surface area contributed by atoms with E-state index in [1.807, 2.05) is 30.9 Å². The van der Waals surface area contributed by atoms with Gasteiger partial charge in [0.05, 0.1) is 22.2 Å². The summed E-state index contributed by atoms with van der Waals surface area (Å²) < 4.78 is 7.49. The number of hydrogen-bond acceptors (Lipinski definition) is 5. The van der Waals surface area contributed by atoms with Gasteiger partial charge in [0.15, 0.2) is 0 Å². The van der Waals surface area contributed by atoms with Crippen molar-refractivity contribution in [1.82, 2.24) is 19.9 Å². The SMILES string of the molecule is Cn1ccc2nc(C(=O)NCC3CCOCC3)cc(Cc3ccc(-c4cscn4)cc3)c21. The quantitative estimate of drug-likeness (QED) is 0.475. The summed E-state index contributed by atoms with van der Waals surface area (Å²) in [6, 6.07) is 12.4. The molecular formula is C25H26N4O2S. The maximum absolute atomic E-state index is 12.9. The van der Waals surface area contributed by atoms with Crippen LogP contribution >= 0.6 is 11.3 Å². The van der Waals surface area contributed by atoms with Crippen molar-refractivity contribution in [2.45, 2.75) is 19.3 Å². The molecule has 4 aromatic rings. The van der Waals surface area contributed by atoms with Gasteiger partial charge in [-0.15, -0.1) is 11.3 Å². The first kappa shape index (κ1) is 20.8. The predicted octanol–water partition coefficient (Wildman–Crippen LogP) is 4.44. The molecule has 0 aliphatic carbocycles. The molecule has 0 unspecified atom stereocenters. The van der Waals surface area contributed by atoms with E-state index in [1.165, 1.54) is 5.56 Å². The van der Waals surface area contributed by atoms with Crippen LogP contribution in [0.15, 0.2) is 53.5 Å². The van der Waals surface area contributed by atoms with Gasteiger partial charge in [-0.1, -0.05) is 24.3 Å². The van der Waals surface area contributed by atoms with Crippen molar-refractivity contribution >= 4 is 28.3 Å². The van der Waals surface area contributed by atoms with Crippen LogP contribution in [-0.4, -0.2) is 40.2 Å². The molecule has 1 saturated heterocycles. The van der Waals surface area contributed by atoms with Crippen LogP contribution in [0.3, 0.4) is 0 Å². The van der Waals surface area contributed by atoms with E-state index in [2.05, 4.69) is 49.5 Å². The number of hydrogen-bond donors (Lipinski definition) is 1. The number of benzene rings is 1. The van der Waals surface area contributed by atoms with E-state index in [-0.39, 0.29) is 5.91 Å². The predicted molar refractivity (Wildman–Crippen MR) is 127 cm³/mol. The molecule has 1 aromatic carbocycles. The third kappa shape index (κ3) is 4.45. The fraction of sp³-hybridized carbons (Fsp3) is 0.320. The van der Waals surface area contributed by atoms with Crippen LogP contribution in [0.2, 0.25) is 0 Å². The van der Waals surface area contributed by atoms with Gasteiger partial charge in [0, 0.05) is 43.9 Å². The molecule has 0 spiro atoms. The summed E-state index contributed by atoms with van der Waals surface area (Å²) >= 11 is 1.60. The second-order valence-electron chi connectivity index (χ2n) is 8.34. The second kappa shape index (κ2) is 9.22. The van der Waals surface area contributed by atoms with Crippen LogP contribution in [0, 0.1) is 5.92 Å². The molecule has 0 saturated carbocycles. The number of carbonyl (C=O) groups excluding carboxylic acids is 1. The molecular weight excluding hydrogens is 420 g/mol. The Morgan fingerprint density at radius 1 is 1.22 bits per heavy atom. The van der Waals surface area contributed by atoms with Crippen molar-refractivity contribution in [3.63, 3.8) is 0 Å². The standard InChI is InChI=1S/C25H26N4O2S/c1-29-9-6-21-24(29)20(12-17-2-4-19(5-3-17)23-15-32-16-27-23)13-22(28-21)25(30)26-14-18-7-10-31-11-8-18/h2-6,9,13,15-16,18H,7-8,10-12,14H2,1H3,(H,26,30). The summed E-state index contributed by atoms with van der Waals surface area (Å²) in [5.41, 5.74) is 8.63. The Labute approximate surface area is 191 Å². The minimum atomic E-state index is -0.109. The third-order valence-corrected chi connectivity index (χ3v) is 6.70. The van der Waals surface area contributed by atoms with E-state index in [9.17, 15) is 4.79 Å². The zero-order chi connectivity index (χ0) is 21.9. The van der Waals surface area contributed by atoms with Crippen LogP contribution in [-0.2, 0) is 18.2 Å². The van der Waals surface area contributed by atoms with Gasteiger partial charge in [0.25, 0.3) is 5.91 Å². The second-order valence-corrected chi connectivity index (χ2v) is 9.06. The number of nitrogens with one attached hydrogen (secondary N) is 1. The van der Waals surface area contributed by atoms with E-state index in [0.717, 1.165) is 60.3 Å². The summed E-state index contributed by atoms with van der Waals surface area (Å²) in [7, 11) is 2.02. The molecule has 7 heteroatoms. The zero-order valence-electron chi connectivity index (χ0n) is 18.1. The summed E-state index contributed by atoms with van der Waals surface area (Å²) in [6.45, 7) is 2.23. The number of pyridine rings is 1. The average molecular weight is 447 g/mol. The number of aryl methyl sites for hydroxylation is 1. The molecule has 1 aliphatic heterocycles. The Kier molecular flexibility index (Phi) is 6.01. The van der Waals surface area contributed by atoms with Crippen molar-refractivity contribution in [2.75, 3.05) is 19.8 Å². The molecule has 1 fully saturated rings. The fourth-order valence-corrected chi connectivity index (χ4v) is 4.85. The van der Waals surface area contributed by atoms with E-state index < -0.39 is 0 Å². The van der Waals surface area contributed by atoms with Gasteiger partial charge >= 0.3 is 0 Å². The molecule has 1 aliphatic rings. The largest absolute Gasteiger partial charge is 0.381 e. The highest BCUT2D eigenvalue weighted by molar-refractivity contribution is 7.07. The summed E-state index contributed by atoms with van der Waals surface area (Å²) in [4.78, 5) is 21.9. The first-order valence-corrected chi connectivity index (χ1v) is 11.9. The van der Waals surface area contributed by atoms with Crippen LogP contribution in [0.1, 0.15) is 34.5 Å². The Morgan fingerprint density at radius 2 is 2.03 bits per heavy atom. The van der Waals surface area contributed by atoms with Crippen LogP contribution < -0.4 is 5.32 Å². The molecule has 1 N–H and O–H groups in total. The van der Waals surface area contributed by atoms with Crippen LogP contribution in [0.5, 0.6) is 0 Å². The number of rotatable bonds is 6. The van der Waals surface area contributed by atoms with Crippen LogP contribution in [0.4, 0.5) is 0 Å². The number of nitrogens with zero attached hydrogens (tertiary/aromatic N) is 3. The summed E-state index contributed by atoms with van der Waals surface area (Å²) in [5, 5.41) is 5.14. The molecule has 0 radical (unpaired) electrons. The highest BCUT2D eigenvalue weighted by atomic mass is 32.1. The smallest absolute Gasteiger partial charge is 0.269 e. The highest BCUT2D eigenvalue weighted by Gasteiger charge is 2.18. The van der Waals surface area contributed by atoms with Gasteiger partial charge < -0.3 is 14.6 Å². The lowest BCUT2D eigenvalue weighted by Gasteiger charge is -2.22. The first-order chi connectivity index (χ1) is 15.7. The number of thiazole rings is 1. The number of amides is 1. The molecule has 1 amide bonds.